The molecule has 0 bridgehead atoms. The number of nitrogens with zero attached hydrogens (tertiary/aromatic N) is 2. The van der Waals surface area contributed by atoms with Crippen LogP contribution in [0, 0.1) is 6.92 Å². The van der Waals surface area contributed by atoms with Crippen molar-refractivity contribution >= 4 is 11.3 Å². The third-order valence-electron chi connectivity index (χ3n) is 3.16. The van der Waals surface area contributed by atoms with Crippen LogP contribution in [0.4, 0.5) is 0 Å². The highest BCUT2D eigenvalue weighted by molar-refractivity contribution is 7.12. The van der Waals surface area contributed by atoms with Gasteiger partial charge in [-0.25, -0.2) is 4.98 Å². The molecule has 1 N–H and O–H groups in total. The van der Waals surface area contributed by atoms with Crippen LogP contribution in [0.2, 0.25) is 0 Å². The molecule has 0 amide bonds. The van der Waals surface area contributed by atoms with Crippen molar-refractivity contribution in [3.05, 3.63) is 34.4 Å². The van der Waals surface area contributed by atoms with E-state index < -0.39 is 0 Å². The molecule has 4 heteroatoms. The number of nitrogens with one attached hydrogen (secondary N) is 1. The van der Waals surface area contributed by atoms with Crippen LogP contribution in [0.25, 0.3) is 11.3 Å². The SMILES string of the molecule is Cc1sc(C2CCNC2)nc1-c1cccnc1. The summed E-state index contributed by atoms with van der Waals surface area (Å²) in [6.07, 6.45) is 4.89. The summed E-state index contributed by atoms with van der Waals surface area (Å²) in [5.74, 6) is 0.601. The Bertz CT molecular complexity index is 501. The average molecular weight is 245 g/mol. The minimum Gasteiger partial charge on any atom is -0.316 e. The van der Waals surface area contributed by atoms with Crippen molar-refractivity contribution in [1.29, 1.82) is 0 Å². The third-order valence-corrected chi connectivity index (χ3v) is 4.29. The molecule has 0 aliphatic carbocycles. The predicted octanol–water partition coefficient (Wildman–Crippen LogP) is 2.59. The van der Waals surface area contributed by atoms with E-state index >= 15 is 0 Å². The van der Waals surface area contributed by atoms with E-state index in [0.717, 1.165) is 24.3 Å². The molecule has 17 heavy (non-hydrogen) atoms. The largest absolute Gasteiger partial charge is 0.316 e. The van der Waals surface area contributed by atoms with E-state index in [4.69, 9.17) is 4.98 Å². The quantitative estimate of drug-likeness (QED) is 0.883. The van der Waals surface area contributed by atoms with E-state index in [1.165, 1.54) is 16.3 Å². The molecule has 1 saturated heterocycles. The van der Waals surface area contributed by atoms with Gasteiger partial charge in [-0.1, -0.05) is 0 Å². The molecular weight excluding hydrogens is 230 g/mol. The zero-order valence-corrected chi connectivity index (χ0v) is 10.6. The summed E-state index contributed by atoms with van der Waals surface area (Å²) >= 11 is 1.83. The highest BCUT2D eigenvalue weighted by atomic mass is 32.1. The van der Waals surface area contributed by atoms with Crippen LogP contribution < -0.4 is 5.32 Å². The molecule has 1 atom stereocenters. The van der Waals surface area contributed by atoms with E-state index in [1.54, 1.807) is 6.20 Å². The number of rotatable bonds is 2. The summed E-state index contributed by atoms with van der Waals surface area (Å²) in [7, 11) is 0. The van der Waals surface area contributed by atoms with E-state index in [2.05, 4.69) is 23.3 Å². The van der Waals surface area contributed by atoms with Crippen molar-refractivity contribution in [3.63, 3.8) is 0 Å². The Morgan fingerprint density at radius 2 is 2.41 bits per heavy atom. The minimum atomic E-state index is 0.601. The van der Waals surface area contributed by atoms with Crippen molar-refractivity contribution in [2.24, 2.45) is 0 Å². The van der Waals surface area contributed by atoms with Gasteiger partial charge in [-0.2, -0.15) is 0 Å². The van der Waals surface area contributed by atoms with Crippen LogP contribution in [0.3, 0.4) is 0 Å². The van der Waals surface area contributed by atoms with Gasteiger partial charge in [0.1, 0.15) is 0 Å². The molecule has 0 saturated carbocycles. The first-order chi connectivity index (χ1) is 8.34. The maximum Gasteiger partial charge on any atom is 0.0979 e. The Hall–Kier alpha value is -1.26. The fourth-order valence-electron chi connectivity index (χ4n) is 2.23. The summed E-state index contributed by atoms with van der Waals surface area (Å²) in [5, 5.41) is 4.66. The van der Waals surface area contributed by atoms with Crippen LogP contribution in [0.15, 0.2) is 24.5 Å². The first kappa shape index (κ1) is 10.9. The number of pyridine rings is 1. The standard InChI is InChI=1S/C13H15N3S/c1-9-12(10-3-2-5-14-7-10)16-13(17-9)11-4-6-15-8-11/h2-3,5,7,11,15H,4,6,8H2,1H3. The molecule has 1 aliphatic heterocycles. The minimum absolute atomic E-state index is 0.601. The number of aryl methyl sites for hydroxylation is 1. The van der Waals surface area contributed by atoms with Gasteiger partial charge in [-0.3, -0.25) is 4.98 Å². The molecule has 1 fully saturated rings. The lowest BCUT2D eigenvalue weighted by atomic mass is 10.1. The topological polar surface area (TPSA) is 37.8 Å². The average Bonchev–Trinajstić information content (AvgIpc) is 2.99. The first-order valence-electron chi connectivity index (χ1n) is 5.93. The van der Waals surface area contributed by atoms with Gasteiger partial charge in [0.05, 0.1) is 10.7 Å². The van der Waals surface area contributed by atoms with Crippen LogP contribution in [-0.4, -0.2) is 23.1 Å². The zero-order chi connectivity index (χ0) is 11.7. The van der Waals surface area contributed by atoms with Crippen LogP contribution in [0.1, 0.15) is 22.2 Å². The molecular formula is C13H15N3S. The molecule has 88 valence electrons. The Kier molecular flexibility index (Phi) is 2.91. The van der Waals surface area contributed by atoms with Gasteiger partial charge in [0, 0.05) is 35.3 Å². The number of thiazole rings is 1. The van der Waals surface area contributed by atoms with Crippen molar-refractivity contribution < 1.29 is 0 Å². The van der Waals surface area contributed by atoms with Gasteiger partial charge in [-0.05, 0) is 32.0 Å². The Labute approximate surface area is 105 Å². The van der Waals surface area contributed by atoms with Gasteiger partial charge in [0.15, 0.2) is 0 Å². The predicted molar refractivity (Wildman–Crippen MR) is 70.3 cm³/mol. The highest BCUT2D eigenvalue weighted by Gasteiger charge is 2.21. The molecule has 0 spiro atoms. The van der Waals surface area contributed by atoms with E-state index in [0.29, 0.717) is 5.92 Å². The maximum absolute atomic E-state index is 4.80. The lowest BCUT2D eigenvalue weighted by Gasteiger charge is -2.01. The fraction of sp³-hybridized carbons (Fsp3) is 0.385. The van der Waals surface area contributed by atoms with Crippen LogP contribution >= 0.6 is 11.3 Å². The number of hydrogen-bond acceptors (Lipinski definition) is 4. The van der Waals surface area contributed by atoms with E-state index in [1.807, 2.05) is 23.6 Å². The highest BCUT2D eigenvalue weighted by Crippen LogP contribution is 2.32. The molecule has 3 rings (SSSR count). The normalized spacial score (nSPS) is 19.7. The van der Waals surface area contributed by atoms with E-state index in [9.17, 15) is 0 Å². The molecule has 2 aromatic heterocycles. The monoisotopic (exact) mass is 245 g/mol. The van der Waals surface area contributed by atoms with Crippen molar-refractivity contribution in [1.82, 2.24) is 15.3 Å². The Morgan fingerprint density at radius 3 is 3.12 bits per heavy atom. The Morgan fingerprint density at radius 1 is 1.47 bits per heavy atom. The smallest absolute Gasteiger partial charge is 0.0979 e. The molecule has 0 radical (unpaired) electrons. The van der Waals surface area contributed by atoms with Crippen LogP contribution in [-0.2, 0) is 0 Å². The van der Waals surface area contributed by atoms with Gasteiger partial charge < -0.3 is 5.32 Å². The van der Waals surface area contributed by atoms with Crippen molar-refractivity contribution in [2.45, 2.75) is 19.3 Å². The second-order valence-corrected chi connectivity index (χ2v) is 5.62. The van der Waals surface area contributed by atoms with Crippen molar-refractivity contribution in [3.8, 4) is 11.3 Å². The molecule has 2 aromatic rings. The second kappa shape index (κ2) is 4.55. The van der Waals surface area contributed by atoms with Crippen molar-refractivity contribution in [2.75, 3.05) is 13.1 Å². The van der Waals surface area contributed by atoms with Gasteiger partial charge in [-0.15, -0.1) is 11.3 Å². The summed E-state index contributed by atoms with van der Waals surface area (Å²) in [6.45, 7) is 4.33. The fourth-order valence-corrected chi connectivity index (χ4v) is 3.31. The zero-order valence-electron chi connectivity index (χ0n) is 9.81. The van der Waals surface area contributed by atoms with Gasteiger partial charge in [0.2, 0.25) is 0 Å². The second-order valence-electron chi connectivity index (χ2n) is 4.39. The summed E-state index contributed by atoms with van der Waals surface area (Å²) in [6, 6.07) is 4.04. The molecule has 3 heterocycles. The lowest BCUT2D eigenvalue weighted by molar-refractivity contribution is 0.756. The maximum atomic E-state index is 4.80. The first-order valence-corrected chi connectivity index (χ1v) is 6.74. The summed E-state index contributed by atoms with van der Waals surface area (Å²) in [4.78, 5) is 10.3. The summed E-state index contributed by atoms with van der Waals surface area (Å²) in [5.41, 5.74) is 2.23. The molecule has 0 aromatic carbocycles. The molecule has 3 nitrogen and oxygen atoms in total. The van der Waals surface area contributed by atoms with Gasteiger partial charge >= 0.3 is 0 Å². The third kappa shape index (κ3) is 2.10. The van der Waals surface area contributed by atoms with Crippen LogP contribution in [0.5, 0.6) is 0 Å². The Balaban J connectivity index is 1.96. The number of hydrogen-bond donors (Lipinski definition) is 1. The lowest BCUT2D eigenvalue weighted by Crippen LogP contribution is -2.07. The van der Waals surface area contributed by atoms with Gasteiger partial charge in [0.25, 0.3) is 0 Å². The summed E-state index contributed by atoms with van der Waals surface area (Å²) < 4.78 is 0. The molecule has 1 unspecified atom stereocenters. The number of aromatic nitrogens is 2. The van der Waals surface area contributed by atoms with E-state index in [-0.39, 0.29) is 0 Å². The molecule has 1 aliphatic rings.